The maximum atomic E-state index is 12.5. The molecule has 5 heteroatoms. The predicted molar refractivity (Wildman–Crippen MR) is 95.8 cm³/mol. The number of aromatic nitrogens is 2. The molecule has 25 heavy (non-hydrogen) atoms. The van der Waals surface area contributed by atoms with Crippen molar-refractivity contribution in [3.05, 3.63) is 90.0 Å². The average Bonchev–Trinajstić information content (AvgIpc) is 3.09. The van der Waals surface area contributed by atoms with Gasteiger partial charge in [-0.25, -0.2) is 4.98 Å². The molecular weight excluding hydrogens is 314 g/mol. The minimum atomic E-state index is -0.626. The summed E-state index contributed by atoms with van der Waals surface area (Å²) in [5.41, 5.74) is 2.02. The largest absolute Gasteiger partial charge is 0.367 e. The number of ether oxygens (including phenoxy) is 1. The van der Waals surface area contributed by atoms with Gasteiger partial charge >= 0.3 is 0 Å². The molecule has 0 aliphatic heterocycles. The van der Waals surface area contributed by atoms with Crippen molar-refractivity contribution in [1.82, 2.24) is 14.9 Å². The van der Waals surface area contributed by atoms with Gasteiger partial charge in [-0.05, 0) is 11.1 Å². The molecule has 0 bridgehead atoms. The molecule has 1 aromatic heterocycles. The molecule has 1 amide bonds. The topological polar surface area (TPSA) is 56.1 Å². The Balaban J connectivity index is 1.64. The number of nitrogens with one attached hydrogen (secondary N) is 1. The molecular formula is C20H21N3O2. The first-order valence-corrected chi connectivity index (χ1v) is 8.17. The lowest BCUT2D eigenvalue weighted by Crippen LogP contribution is -2.31. The van der Waals surface area contributed by atoms with Crippen molar-refractivity contribution in [2.45, 2.75) is 19.2 Å². The Hall–Kier alpha value is -2.92. The molecule has 0 saturated heterocycles. The number of methoxy groups -OCH3 is 1. The van der Waals surface area contributed by atoms with Gasteiger partial charge in [-0.15, -0.1) is 0 Å². The smallest absolute Gasteiger partial charge is 0.254 e. The highest BCUT2D eigenvalue weighted by atomic mass is 16.5. The molecule has 2 aromatic carbocycles. The van der Waals surface area contributed by atoms with E-state index in [-0.39, 0.29) is 5.91 Å². The number of carbonyl (C=O) groups excluding carboxylic acids is 1. The van der Waals surface area contributed by atoms with Crippen molar-refractivity contribution in [2.75, 3.05) is 7.11 Å². The fourth-order valence-electron chi connectivity index (χ4n) is 2.71. The minimum absolute atomic E-state index is 0.178. The van der Waals surface area contributed by atoms with E-state index in [0.717, 1.165) is 17.9 Å². The number of imidazole rings is 1. The van der Waals surface area contributed by atoms with Gasteiger partial charge in [-0.2, -0.15) is 0 Å². The van der Waals surface area contributed by atoms with Crippen molar-refractivity contribution in [3.63, 3.8) is 0 Å². The van der Waals surface area contributed by atoms with Crippen LogP contribution in [0.3, 0.4) is 0 Å². The molecule has 3 aromatic rings. The fraction of sp³-hybridized carbons (Fsp3) is 0.200. The second-order valence-corrected chi connectivity index (χ2v) is 5.70. The van der Waals surface area contributed by atoms with E-state index in [2.05, 4.69) is 22.4 Å². The van der Waals surface area contributed by atoms with Crippen LogP contribution < -0.4 is 5.32 Å². The van der Waals surface area contributed by atoms with Crippen LogP contribution in [-0.2, 0) is 22.6 Å². The van der Waals surface area contributed by atoms with Crippen LogP contribution in [0.5, 0.6) is 0 Å². The third kappa shape index (κ3) is 4.33. The summed E-state index contributed by atoms with van der Waals surface area (Å²) in [6.45, 7) is 1.07. The van der Waals surface area contributed by atoms with Crippen LogP contribution in [0.2, 0.25) is 0 Å². The number of amides is 1. The SMILES string of the molecule is CO[C@H](C(=O)NCc1nccn1Cc1ccccc1)c1ccccc1. The van der Waals surface area contributed by atoms with Crippen molar-refractivity contribution < 1.29 is 9.53 Å². The first-order valence-electron chi connectivity index (χ1n) is 8.17. The van der Waals surface area contributed by atoms with E-state index in [4.69, 9.17) is 4.74 Å². The van der Waals surface area contributed by atoms with Crippen LogP contribution in [-0.4, -0.2) is 22.6 Å². The molecule has 0 aliphatic rings. The number of rotatable bonds is 7. The van der Waals surface area contributed by atoms with Crippen molar-refractivity contribution in [1.29, 1.82) is 0 Å². The third-order valence-electron chi connectivity index (χ3n) is 3.99. The van der Waals surface area contributed by atoms with Crippen LogP contribution in [0, 0.1) is 0 Å². The Morgan fingerprint density at radius 1 is 1.12 bits per heavy atom. The highest BCUT2D eigenvalue weighted by Crippen LogP contribution is 2.16. The lowest BCUT2D eigenvalue weighted by molar-refractivity contribution is -0.131. The second kappa shape index (κ2) is 8.26. The van der Waals surface area contributed by atoms with Crippen LogP contribution in [0.1, 0.15) is 23.1 Å². The quantitative estimate of drug-likeness (QED) is 0.722. The monoisotopic (exact) mass is 335 g/mol. The lowest BCUT2D eigenvalue weighted by Gasteiger charge is -2.16. The summed E-state index contributed by atoms with van der Waals surface area (Å²) in [6, 6.07) is 19.6. The second-order valence-electron chi connectivity index (χ2n) is 5.70. The summed E-state index contributed by atoms with van der Waals surface area (Å²) >= 11 is 0. The molecule has 0 fully saturated rings. The molecule has 1 heterocycles. The summed E-state index contributed by atoms with van der Waals surface area (Å²) in [5.74, 6) is 0.628. The minimum Gasteiger partial charge on any atom is -0.367 e. The lowest BCUT2D eigenvalue weighted by atomic mass is 10.1. The summed E-state index contributed by atoms with van der Waals surface area (Å²) < 4.78 is 7.38. The number of hydrogen-bond acceptors (Lipinski definition) is 3. The van der Waals surface area contributed by atoms with Gasteiger partial charge in [0.25, 0.3) is 5.91 Å². The Morgan fingerprint density at radius 2 is 1.80 bits per heavy atom. The van der Waals surface area contributed by atoms with E-state index in [1.807, 2.05) is 59.3 Å². The van der Waals surface area contributed by atoms with Crippen LogP contribution in [0.15, 0.2) is 73.1 Å². The van der Waals surface area contributed by atoms with Gasteiger partial charge in [0, 0.05) is 26.0 Å². The zero-order valence-electron chi connectivity index (χ0n) is 14.1. The third-order valence-corrected chi connectivity index (χ3v) is 3.99. The molecule has 3 rings (SSSR count). The van der Waals surface area contributed by atoms with E-state index in [1.165, 1.54) is 12.7 Å². The summed E-state index contributed by atoms with van der Waals surface area (Å²) in [7, 11) is 1.54. The molecule has 0 aliphatic carbocycles. The Morgan fingerprint density at radius 3 is 2.48 bits per heavy atom. The Labute approximate surface area is 147 Å². The number of benzene rings is 2. The van der Waals surface area contributed by atoms with Gasteiger partial charge in [0.2, 0.25) is 0 Å². The highest BCUT2D eigenvalue weighted by Gasteiger charge is 2.19. The van der Waals surface area contributed by atoms with Crippen molar-refractivity contribution in [3.8, 4) is 0 Å². The molecule has 0 unspecified atom stereocenters. The zero-order chi connectivity index (χ0) is 17.5. The predicted octanol–water partition coefficient (Wildman–Crippen LogP) is 2.94. The van der Waals surface area contributed by atoms with E-state index in [9.17, 15) is 4.79 Å². The van der Waals surface area contributed by atoms with Gasteiger partial charge in [-0.3, -0.25) is 4.79 Å². The molecule has 1 atom stereocenters. The van der Waals surface area contributed by atoms with Crippen LogP contribution in [0.25, 0.3) is 0 Å². The van der Waals surface area contributed by atoms with Gasteiger partial charge in [0.05, 0.1) is 6.54 Å². The molecule has 128 valence electrons. The normalized spacial score (nSPS) is 11.9. The van der Waals surface area contributed by atoms with Crippen LogP contribution >= 0.6 is 0 Å². The van der Waals surface area contributed by atoms with E-state index < -0.39 is 6.10 Å². The molecule has 0 spiro atoms. The zero-order valence-corrected chi connectivity index (χ0v) is 14.1. The summed E-state index contributed by atoms with van der Waals surface area (Å²) in [4.78, 5) is 16.8. The van der Waals surface area contributed by atoms with Crippen molar-refractivity contribution in [2.24, 2.45) is 0 Å². The maximum Gasteiger partial charge on any atom is 0.254 e. The first kappa shape index (κ1) is 16.9. The van der Waals surface area contributed by atoms with Gasteiger partial charge < -0.3 is 14.6 Å². The molecule has 0 radical (unpaired) electrons. The van der Waals surface area contributed by atoms with E-state index in [0.29, 0.717) is 6.54 Å². The molecule has 0 saturated carbocycles. The van der Waals surface area contributed by atoms with Gasteiger partial charge in [-0.1, -0.05) is 60.7 Å². The number of hydrogen-bond donors (Lipinski definition) is 1. The standard InChI is InChI=1S/C20H21N3O2/c1-25-19(17-10-6-3-7-11-17)20(24)22-14-18-21-12-13-23(18)15-16-8-4-2-5-9-16/h2-13,19H,14-15H2,1H3,(H,22,24)/t19-/m0/s1. The highest BCUT2D eigenvalue weighted by molar-refractivity contribution is 5.82. The van der Waals surface area contributed by atoms with Crippen molar-refractivity contribution >= 4 is 5.91 Å². The van der Waals surface area contributed by atoms with Gasteiger partial charge in [0.15, 0.2) is 6.10 Å². The van der Waals surface area contributed by atoms with Gasteiger partial charge in [0.1, 0.15) is 5.82 Å². The summed E-state index contributed by atoms with van der Waals surface area (Å²) in [5, 5.41) is 2.91. The first-order chi connectivity index (χ1) is 12.3. The molecule has 5 nitrogen and oxygen atoms in total. The number of carbonyl (C=O) groups is 1. The fourth-order valence-corrected chi connectivity index (χ4v) is 2.71. The maximum absolute atomic E-state index is 12.5. The number of nitrogens with zero attached hydrogens (tertiary/aromatic N) is 2. The van der Waals surface area contributed by atoms with Crippen LogP contribution in [0.4, 0.5) is 0 Å². The Bertz CT molecular complexity index is 800. The average molecular weight is 335 g/mol. The van der Waals surface area contributed by atoms with E-state index >= 15 is 0 Å². The molecule has 1 N–H and O–H groups in total. The van der Waals surface area contributed by atoms with E-state index in [1.54, 1.807) is 6.20 Å². The summed E-state index contributed by atoms with van der Waals surface area (Å²) in [6.07, 6.45) is 3.04. The Kier molecular flexibility index (Phi) is 5.59.